The van der Waals surface area contributed by atoms with Gasteiger partial charge in [0.15, 0.2) is 6.17 Å². The van der Waals surface area contributed by atoms with Gasteiger partial charge in [0.1, 0.15) is 6.10 Å². The van der Waals surface area contributed by atoms with Crippen molar-refractivity contribution in [2.75, 3.05) is 19.1 Å². The maximum Gasteiger partial charge on any atom is 0.308 e. The van der Waals surface area contributed by atoms with Gasteiger partial charge in [0.25, 0.3) is 5.91 Å². The minimum Gasteiger partial charge on any atom is -0.378 e. The molecular weight excluding hydrogens is 1320 g/mol. The molecule has 0 aromatic heterocycles. The number of para-hydroxylation sites is 1. The molecule has 0 N–H and O–H groups in total. The number of aryl methyl sites for hydroxylation is 2. The molecule has 5 atom stereocenters. The molecule has 1 saturated carbocycles. The monoisotopic (exact) mass is 1460 g/mol. The molecule has 588 valence electrons. The van der Waals surface area contributed by atoms with Crippen LogP contribution >= 0.6 is 0 Å². The molecule has 8 aliphatic rings. The van der Waals surface area contributed by atoms with Crippen molar-refractivity contribution in [1.29, 1.82) is 0 Å². The predicted molar refractivity (Wildman–Crippen MR) is 456 cm³/mol. The van der Waals surface area contributed by atoms with Gasteiger partial charge >= 0.3 is 5.92 Å². The summed E-state index contributed by atoms with van der Waals surface area (Å²) in [6.45, 7) is 41.3. The predicted octanol–water partition coefficient (Wildman–Crippen LogP) is 26.9. The topological polar surface area (TPSA) is 38.8 Å². The van der Waals surface area contributed by atoms with Crippen LogP contribution in [0.2, 0.25) is 0 Å². The normalized spacial score (nSPS) is 19.7. The van der Waals surface area contributed by atoms with Gasteiger partial charge in [-0.3, -0.25) is 4.79 Å². The van der Waals surface area contributed by atoms with E-state index in [1.807, 2.05) is 73.2 Å². The Kier molecular flexibility index (Phi) is 54.8. The number of alkyl halides is 3. The Morgan fingerprint density at radius 2 is 0.794 bits per heavy atom. The molecule has 4 aromatic carbocycles. The van der Waals surface area contributed by atoms with E-state index in [0.29, 0.717) is 24.8 Å². The third kappa shape index (κ3) is 48.9. The number of fused-ring (bicyclic) bond motifs is 5. The number of ether oxygens (including phenoxy) is 2. The molecular formula is C100H144F3NO3. The first-order valence-corrected chi connectivity index (χ1v) is 41.2. The highest BCUT2D eigenvalue weighted by Gasteiger charge is 2.49. The minimum absolute atomic E-state index is 0.0112. The number of carbonyl (C=O) groups excluding carboxylic acids is 1. The SMILES string of the molecule is C1#CCCCCCC1.C1#Cc2ccccc2CCc2ccccc21.CC(C)C.CC(C)C.CC(C)C.CC(C)C.CC(C)C.CC(C)C1C2CCC#CCCC21.CC(C)N1C(=O)c2ccccc2C#Cc2ccccc21.CO[C@H]1C#CCCCC[C@@H]1OC.FC1(F)C#CCCCCC1.FC1C#CCCCCC1. The van der Waals surface area contributed by atoms with Crippen molar-refractivity contribution < 1.29 is 27.4 Å². The molecule has 0 radical (unpaired) electrons. The fourth-order valence-corrected chi connectivity index (χ4v) is 11.9. The van der Waals surface area contributed by atoms with Crippen molar-refractivity contribution >= 4 is 11.6 Å². The second kappa shape index (κ2) is 59.9. The highest BCUT2D eigenvalue weighted by molar-refractivity contribution is 6.09. The number of carbonyl (C=O) groups is 1. The van der Waals surface area contributed by atoms with E-state index in [0.717, 1.165) is 160 Å². The van der Waals surface area contributed by atoms with Crippen molar-refractivity contribution in [3.8, 4) is 82.9 Å². The molecule has 4 aromatic rings. The van der Waals surface area contributed by atoms with Crippen molar-refractivity contribution in [3.63, 3.8) is 0 Å². The molecule has 7 heteroatoms. The van der Waals surface area contributed by atoms with Crippen LogP contribution in [0.5, 0.6) is 0 Å². The van der Waals surface area contributed by atoms with Gasteiger partial charge in [0, 0.05) is 93.9 Å². The van der Waals surface area contributed by atoms with Crippen LogP contribution < -0.4 is 4.90 Å². The number of hydrogen-bond acceptors (Lipinski definition) is 3. The molecule has 0 saturated heterocycles. The molecule has 12 rings (SSSR count). The van der Waals surface area contributed by atoms with Gasteiger partial charge in [-0.15, -0.1) is 35.5 Å². The van der Waals surface area contributed by atoms with E-state index < -0.39 is 12.1 Å². The van der Waals surface area contributed by atoms with Crippen LogP contribution in [0, 0.1) is 136 Å². The number of methoxy groups -OCH3 is 2. The van der Waals surface area contributed by atoms with Crippen molar-refractivity contribution in [3.05, 3.63) is 136 Å². The molecule has 1 heterocycles. The molecule has 1 fully saturated rings. The molecule has 0 spiro atoms. The number of anilines is 1. The number of benzene rings is 4. The smallest absolute Gasteiger partial charge is 0.308 e. The Bertz CT molecular complexity index is 3380. The summed E-state index contributed by atoms with van der Waals surface area (Å²) in [5.74, 6) is 47.1. The van der Waals surface area contributed by atoms with Crippen LogP contribution in [0.15, 0.2) is 97.1 Å². The number of amides is 1. The van der Waals surface area contributed by atoms with E-state index in [4.69, 9.17) is 9.47 Å². The van der Waals surface area contributed by atoms with Gasteiger partial charge in [-0.1, -0.05) is 245 Å². The summed E-state index contributed by atoms with van der Waals surface area (Å²) < 4.78 is 47.9. The molecule has 0 bridgehead atoms. The summed E-state index contributed by atoms with van der Waals surface area (Å²) in [5, 5.41) is 0. The van der Waals surface area contributed by atoms with E-state index in [-0.39, 0.29) is 30.6 Å². The molecule has 107 heavy (non-hydrogen) atoms. The van der Waals surface area contributed by atoms with Crippen LogP contribution in [0.25, 0.3) is 0 Å². The van der Waals surface area contributed by atoms with Crippen LogP contribution in [-0.2, 0) is 22.3 Å². The lowest BCUT2D eigenvalue weighted by Crippen LogP contribution is -2.38. The maximum absolute atomic E-state index is 12.9. The summed E-state index contributed by atoms with van der Waals surface area (Å²) in [7, 11) is 3.41. The number of nitrogens with zero attached hydrogens (tertiary/aromatic N) is 1. The largest absolute Gasteiger partial charge is 0.378 e. The summed E-state index contributed by atoms with van der Waals surface area (Å²) >= 11 is 0. The minimum atomic E-state index is -2.71. The van der Waals surface area contributed by atoms with Crippen LogP contribution in [0.3, 0.4) is 0 Å². The lowest BCUT2D eigenvalue weighted by molar-refractivity contribution is -0.0125. The zero-order chi connectivity index (χ0) is 79.8. The van der Waals surface area contributed by atoms with Gasteiger partial charge in [-0.2, -0.15) is 8.78 Å². The summed E-state index contributed by atoms with van der Waals surface area (Å²) in [6.07, 6.45) is 26.6. The van der Waals surface area contributed by atoms with Gasteiger partial charge < -0.3 is 14.4 Å². The fraction of sp³-hybridized carbons (Fsp3) is 0.610. The quantitative estimate of drug-likeness (QED) is 0.191. The average Bonchev–Trinajstić information content (AvgIpc) is 1.65. The average molecular weight is 1470 g/mol. The van der Waals surface area contributed by atoms with E-state index in [1.54, 1.807) is 14.2 Å². The molecule has 1 amide bonds. The molecule has 4 nitrogen and oxygen atoms in total. The Morgan fingerprint density at radius 3 is 1.28 bits per heavy atom. The maximum atomic E-state index is 12.9. The first-order chi connectivity index (χ1) is 51.1. The van der Waals surface area contributed by atoms with E-state index in [2.05, 4.69) is 243 Å². The summed E-state index contributed by atoms with van der Waals surface area (Å²) in [5.41, 5.74) is 8.32. The number of rotatable bonds is 4. The zero-order valence-corrected chi connectivity index (χ0v) is 70.9. The number of hydrogen-bond donors (Lipinski definition) is 0. The first-order valence-electron chi connectivity index (χ1n) is 41.2. The van der Waals surface area contributed by atoms with Gasteiger partial charge in [0.05, 0.1) is 17.4 Å². The first kappa shape index (κ1) is 98.0. The van der Waals surface area contributed by atoms with Gasteiger partial charge in [-0.05, 0) is 210 Å². The van der Waals surface area contributed by atoms with Crippen molar-refractivity contribution in [1.82, 2.24) is 0 Å². The Morgan fingerprint density at radius 1 is 0.411 bits per heavy atom. The Balaban J connectivity index is 0.000000607. The van der Waals surface area contributed by atoms with E-state index in [9.17, 15) is 18.0 Å². The van der Waals surface area contributed by atoms with Crippen molar-refractivity contribution in [2.45, 2.75) is 329 Å². The molecule has 3 unspecified atom stereocenters. The highest BCUT2D eigenvalue weighted by Crippen LogP contribution is 2.56. The van der Waals surface area contributed by atoms with Gasteiger partial charge in [0.2, 0.25) is 0 Å². The lowest BCUT2D eigenvalue weighted by Gasteiger charge is -2.29. The molecule has 1 aliphatic heterocycles. The van der Waals surface area contributed by atoms with Crippen LogP contribution in [0.4, 0.5) is 18.9 Å². The third-order valence-corrected chi connectivity index (χ3v) is 16.7. The van der Waals surface area contributed by atoms with E-state index >= 15 is 0 Å². The highest BCUT2D eigenvalue weighted by atomic mass is 19.3. The lowest BCUT2D eigenvalue weighted by atomic mass is 9.95. The Labute approximate surface area is 655 Å². The van der Waals surface area contributed by atoms with Crippen LogP contribution in [0.1, 0.15) is 329 Å². The zero-order valence-electron chi connectivity index (χ0n) is 70.9. The van der Waals surface area contributed by atoms with Crippen molar-refractivity contribution in [2.24, 2.45) is 53.3 Å². The summed E-state index contributed by atoms with van der Waals surface area (Å²) in [6, 6.07) is 32.3. The standard InChI is InChI=1S/C18H15NO.C16H12.C12H18.C10H16O2.C8H10F2.C8H11F.C8H12.5C4H10/c1-13(2)19-17-10-6-4-8-15(17)12-11-14-7-3-5-9-16(14)18(19)20;1-2-6-14-11-12-16-8-4-3-7-15(16)10-9-13(14)5-1;1-9(2)12-10-7-5-3-4-6-8-11(10)12;1-11-9-7-5-3-4-6-8-10(9)12-2;9-8(10)6-4-2-1-3-5-7-8;9-8-6-4-2-1-3-5-7-8;1-2-4-6-8-7-5-3-1;5*1-4(2)3/h3-10,13H,1-2H3;1-8H,9-10H2;9-12H,5-8H2,1-2H3;9-10H,3-5,7H2,1-2H3;1-4,6H2;8H,1-4,6H2;1-6H2;5*4H,1-3H3/t;;;9-,10-;;;;;;;;/m...0......../s1. The van der Waals surface area contributed by atoms with Gasteiger partial charge in [-0.25, -0.2) is 4.39 Å². The fourth-order valence-electron chi connectivity index (χ4n) is 11.9. The second-order valence-corrected chi connectivity index (χ2v) is 32.6. The third-order valence-electron chi connectivity index (χ3n) is 16.7. The van der Waals surface area contributed by atoms with E-state index in [1.165, 1.54) is 73.6 Å². The Hall–Kier alpha value is -7.02. The number of halogens is 3. The second-order valence-electron chi connectivity index (χ2n) is 32.6. The molecule has 7 aliphatic carbocycles. The van der Waals surface area contributed by atoms with Crippen LogP contribution in [-0.4, -0.2) is 50.5 Å². The summed E-state index contributed by atoms with van der Waals surface area (Å²) in [4.78, 5) is 14.7.